The Hall–Kier alpha value is -2.91. The summed E-state index contributed by atoms with van der Waals surface area (Å²) in [7, 11) is -7.76. The molecule has 6 nitrogen and oxygen atoms in total. The zero-order valence-electron chi connectivity index (χ0n) is 16.7. The van der Waals surface area contributed by atoms with Gasteiger partial charge in [-0.05, 0) is 73.4 Å². The quantitative estimate of drug-likeness (QED) is 0.622. The second kappa shape index (κ2) is 7.97. The normalized spacial score (nSPS) is 14.2. The number of sulfonamides is 2. The maximum Gasteiger partial charge on any atom is 0.264 e. The van der Waals surface area contributed by atoms with Gasteiger partial charge in [-0.1, -0.05) is 24.3 Å². The molecule has 1 aliphatic heterocycles. The summed E-state index contributed by atoms with van der Waals surface area (Å²) in [6, 6.07) is 16.4. The number of aryl methyl sites for hydroxylation is 2. The van der Waals surface area contributed by atoms with Gasteiger partial charge < -0.3 is 0 Å². The molecule has 0 atom stereocenters. The lowest BCUT2D eigenvalue weighted by Gasteiger charge is -2.31. The summed E-state index contributed by atoms with van der Waals surface area (Å²) in [6.07, 6.45) is 1.36. The molecule has 0 saturated carbocycles. The lowest BCUT2D eigenvalue weighted by Crippen LogP contribution is -2.35. The maximum atomic E-state index is 13.4. The third kappa shape index (κ3) is 4.15. The summed E-state index contributed by atoms with van der Waals surface area (Å²) in [6.45, 7) is 1.82. The van der Waals surface area contributed by atoms with Crippen LogP contribution >= 0.6 is 0 Å². The summed E-state index contributed by atoms with van der Waals surface area (Å²) >= 11 is 0. The molecule has 31 heavy (non-hydrogen) atoms. The molecular formula is C22H21FN2O4S2. The summed E-state index contributed by atoms with van der Waals surface area (Å²) in [5.41, 5.74) is 1.79. The van der Waals surface area contributed by atoms with Crippen LogP contribution in [0.4, 0.5) is 15.8 Å². The standard InChI is InChI=1S/C22H21FN2O4S2/c1-16-14-18(23)10-12-22(16)30(26,27)24-19-11-9-17-6-5-13-25(21(17)15-19)31(28,29)20-7-3-2-4-8-20/h2-4,7-12,14-15,24H,5-6,13H2,1H3. The molecule has 0 saturated heterocycles. The van der Waals surface area contributed by atoms with E-state index < -0.39 is 25.9 Å². The van der Waals surface area contributed by atoms with Crippen molar-refractivity contribution in [2.75, 3.05) is 15.6 Å². The van der Waals surface area contributed by atoms with Gasteiger partial charge in [0.2, 0.25) is 0 Å². The first kappa shape index (κ1) is 21.3. The topological polar surface area (TPSA) is 83.6 Å². The molecule has 0 aromatic heterocycles. The van der Waals surface area contributed by atoms with E-state index in [0.717, 1.165) is 17.7 Å². The number of rotatable bonds is 5. The number of fused-ring (bicyclic) bond motifs is 1. The smallest absolute Gasteiger partial charge is 0.264 e. The van der Waals surface area contributed by atoms with Gasteiger partial charge in [-0.15, -0.1) is 0 Å². The molecule has 1 heterocycles. The zero-order valence-corrected chi connectivity index (χ0v) is 18.4. The van der Waals surface area contributed by atoms with Crippen LogP contribution in [0.25, 0.3) is 0 Å². The third-order valence-electron chi connectivity index (χ3n) is 5.17. The molecule has 9 heteroatoms. The van der Waals surface area contributed by atoms with Crippen LogP contribution < -0.4 is 9.03 Å². The van der Waals surface area contributed by atoms with Crippen molar-refractivity contribution in [3.63, 3.8) is 0 Å². The van der Waals surface area contributed by atoms with Crippen LogP contribution in [0.15, 0.2) is 76.5 Å². The van der Waals surface area contributed by atoms with Crippen LogP contribution in [0.2, 0.25) is 0 Å². The highest BCUT2D eigenvalue weighted by Crippen LogP contribution is 2.34. The molecule has 3 aromatic rings. The molecule has 4 rings (SSSR count). The van der Waals surface area contributed by atoms with Gasteiger partial charge in [0, 0.05) is 6.54 Å². The monoisotopic (exact) mass is 460 g/mol. The number of nitrogens with one attached hydrogen (secondary N) is 1. The fourth-order valence-corrected chi connectivity index (χ4v) is 6.53. The van der Waals surface area contributed by atoms with Gasteiger partial charge in [-0.3, -0.25) is 9.03 Å². The van der Waals surface area contributed by atoms with Crippen molar-refractivity contribution in [2.24, 2.45) is 0 Å². The Morgan fingerprint density at radius 3 is 2.39 bits per heavy atom. The predicted molar refractivity (Wildman–Crippen MR) is 118 cm³/mol. The highest BCUT2D eigenvalue weighted by molar-refractivity contribution is 7.93. The van der Waals surface area contributed by atoms with E-state index in [1.165, 1.54) is 35.5 Å². The van der Waals surface area contributed by atoms with E-state index in [2.05, 4.69) is 4.72 Å². The number of hydrogen-bond acceptors (Lipinski definition) is 4. The number of halogens is 1. The summed E-state index contributed by atoms with van der Waals surface area (Å²) in [5.74, 6) is -0.521. The van der Waals surface area contributed by atoms with Crippen molar-refractivity contribution >= 4 is 31.4 Å². The van der Waals surface area contributed by atoms with Crippen LogP contribution in [0, 0.1) is 12.7 Å². The Morgan fingerprint density at radius 1 is 0.935 bits per heavy atom. The second-order valence-electron chi connectivity index (χ2n) is 7.35. The molecule has 1 N–H and O–H groups in total. The molecule has 0 aliphatic carbocycles. The van der Waals surface area contributed by atoms with E-state index in [-0.39, 0.29) is 21.0 Å². The van der Waals surface area contributed by atoms with Crippen molar-refractivity contribution < 1.29 is 21.2 Å². The van der Waals surface area contributed by atoms with Crippen molar-refractivity contribution in [3.8, 4) is 0 Å². The average Bonchev–Trinajstić information content (AvgIpc) is 2.73. The minimum absolute atomic E-state index is 0.0413. The Labute approximate surface area is 181 Å². The van der Waals surface area contributed by atoms with Gasteiger partial charge in [-0.2, -0.15) is 0 Å². The zero-order chi connectivity index (χ0) is 22.2. The Morgan fingerprint density at radius 2 is 1.68 bits per heavy atom. The fourth-order valence-electron chi connectivity index (χ4n) is 3.70. The van der Waals surface area contributed by atoms with Gasteiger partial charge in [0.25, 0.3) is 20.0 Å². The third-order valence-corrected chi connectivity index (χ3v) is 8.54. The van der Waals surface area contributed by atoms with Gasteiger partial charge in [0.15, 0.2) is 0 Å². The van der Waals surface area contributed by atoms with Crippen LogP contribution in [-0.2, 0) is 26.5 Å². The van der Waals surface area contributed by atoms with Gasteiger partial charge >= 0.3 is 0 Å². The second-order valence-corrected chi connectivity index (χ2v) is 10.9. The van der Waals surface area contributed by atoms with Crippen LogP contribution in [-0.4, -0.2) is 23.4 Å². The van der Waals surface area contributed by atoms with Crippen molar-refractivity contribution in [3.05, 3.63) is 83.7 Å². The fraction of sp³-hybridized carbons (Fsp3) is 0.182. The van der Waals surface area contributed by atoms with E-state index in [1.807, 2.05) is 0 Å². The number of nitrogens with zero attached hydrogens (tertiary/aromatic N) is 1. The molecule has 0 spiro atoms. The van der Waals surface area contributed by atoms with Crippen LogP contribution in [0.5, 0.6) is 0 Å². The van der Waals surface area contributed by atoms with Gasteiger partial charge in [0.1, 0.15) is 5.82 Å². The molecule has 1 aliphatic rings. The highest BCUT2D eigenvalue weighted by atomic mass is 32.2. The van der Waals surface area contributed by atoms with Crippen LogP contribution in [0.1, 0.15) is 17.5 Å². The Kier molecular flexibility index (Phi) is 5.49. The first-order valence-corrected chi connectivity index (χ1v) is 12.6. The van der Waals surface area contributed by atoms with E-state index >= 15 is 0 Å². The summed E-state index contributed by atoms with van der Waals surface area (Å²) in [5, 5.41) is 0. The molecule has 0 fully saturated rings. The minimum atomic E-state index is -3.98. The van der Waals surface area contributed by atoms with Crippen LogP contribution in [0.3, 0.4) is 0 Å². The average molecular weight is 461 g/mol. The SMILES string of the molecule is Cc1cc(F)ccc1S(=O)(=O)Nc1ccc2c(c1)N(S(=O)(=O)c1ccccc1)CCC2. The Bertz CT molecular complexity index is 1340. The predicted octanol–water partition coefficient (Wildman–Crippen LogP) is 4.08. The molecular weight excluding hydrogens is 439 g/mol. The number of hydrogen-bond donors (Lipinski definition) is 1. The van der Waals surface area contributed by atoms with Gasteiger partial charge in [-0.25, -0.2) is 21.2 Å². The molecule has 0 amide bonds. The van der Waals surface area contributed by atoms with E-state index in [0.29, 0.717) is 25.1 Å². The molecule has 3 aromatic carbocycles. The lowest BCUT2D eigenvalue weighted by molar-refractivity contribution is 0.586. The maximum absolute atomic E-state index is 13.4. The molecule has 0 bridgehead atoms. The van der Waals surface area contributed by atoms with Crippen molar-refractivity contribution in [1.82, 2.24) is 0 Å². The van der Waals surface area contributed by atoms with E-state index in [1.54, 1.807) is 30.3 Å². The van der Waals surface area contributed by atoms with E-state index in [9.17, 15) is 21.2 Å². The number of anilines is 2. The van der Waals surface area contributed by atoms with Gasteiger partial charge in [0.05, 0.1) is 21.2 Å². The Balaban J connectivity index is 1.71. The summed E-state index contributed by atoms with van der Waals surface area (Å²) < 4.78 is 69.2. The van der Waals surface area contributed by atoms with E-state index in [4.69, 9.17) is 0 Å². The largest absolute Gasteiger partial charge is 0.280 e. The summed E-state index contributed by atoms with van der Waals surface area (Å²) in [4.78, 5) is 0.135. The first-order valence-electron chi connectivity index (χ1n) is 9.68. The van der Waals surface area contributed by atoms with Crippen molar-refractivity contribution in [2.45, 2.75) is 29.6 Å². The van der Waals surface area contributed by atoms with Crippen molar-refractivity contribution in [1.29, 1.82) is 0 Å². The lowest BCUT2D eigenvalue weighted by atomic mass is 10.0. The first-order chi connectivity index (χ1) is 14.7. The number of benzene rings is 3. The molecule has 0 unspecified atom stereocenters. The molecule has 162 valence electrons. The highest BCUT2D eigenvalue weighted by Gasteiger charge is 2.29. The minimum Gasteiger partial charge on any atom is -0.280 e. The molecule has 0 radical (unpaired) electrons.